The van der Waals surface area contributed by atoms with E-state index in [1.54, 1.807) is 6.92 Å². The van der Waals surface area contributed by atoms with Crippen molar-refractivity contribution in [3.8, 4) is 5.75 Å². The van der Waals surface area contributed by atoms with Gasteiger partial charge in [0.05, 0.1) is 6.61 Å². The second kappa shape index (κ2) is 8.11. The van der Waals surface area contributed by atoms with E-state index in [4.69, 9.17) is 13.9 Å². The largest absolute Gasteiger partial charge is 0.474 e. The Bertz CT molecular complexity index is 1100. The van der Waals surface area contributed by atoms with E-state index < -0.39 is 12.1 Å². The van der Waals surface area contributed by atoms with Crippen molar-refractivity contribution in [2.24, 2.45) is 0 Å². The predicted octanol–water partition coefficient (Wildman–Crippen LogP) is 4.66. The number of hydrogen-bond acceptors (Lipinski definition) is 5. The second-order valence-electron chi connectivity index (χ2n) is 7.33. The van der Waals surface area contributed by atoms with Crippen LogP contribution in [-0.4, -0.2) is 12.6 Å². The fourth-order valence-corrected chi connectivity index (χ4v) is 3.92. The zero-order chi connectivity index (χ0) is 20.4. The van der Waals surface area contributed by atoms with Gasteiger partial charge in [-0.2, -0.15) is 0 Å². The van der Waals surface area contributed by atoms with Crippen molar-refractivity contribution in [3.05, 3.63) is 75.1 Å². The van der Waals surface area contributed by atoms with Crippen LogP contribution in [0.3, 0.4) is 0 Å². The standard InChI is InChI=1S/C24H24O5/c1-3-27-24(26)22(16-9-5-4-6-10-16)28-20-14-19-17-11-7-8-12-18(17)23(25)29-21(19)13-15(20)2/h4-6,9-10,13-14,22H,3,7-8,11-12H2,1-2H3/t22-/m0/s1. The second-order valence-corrected chi connectivity index (χ2v) is 7.33. The molecule has 150 valence electrons. The molecule has 1 aliphatic carbocycles. The highest BCUT2D eigenvalue weighted by Gasteiger charge is 2.26. The normalized spacial score (nSPS) is 14.3. The number of rotatable bonds is 5. The van der Waals surface area contributed by atoms with Gasteiger partial charge in [0.2, 0.25) is 6.10 Å². The first-order valence-electron chi connectivity index (χ1n) is 10.1. The number of benzene rings is 2. The summed E-state index contributed by atoms with van der Waals surface area (Å²) < 4.78 is 17.0. The summed E-state index contributed by atoms with van der Waals surface area (Å²) in [4.78, 5) is 24.9. The van der Waals surface area contributed by atoms with E-state index in [1.165, 1.54) is 0 Å². The van der Waals surface area contributed by atoms with Crippen molar-refractivity contribution < 1.29 is 18.7 Å². The van der Waals surface area contributed by atoms with Gasteiger partial charge in [0.1, 0.15) is 11.3 Å². The third-order valence-corrected chi connectivity index (χ3v) is 5.37. The van der Waals surface area contributed by atoms with Gasteiger partial charge in [-0.15, -0.1) is 0 Å². The van der Waals surface area contributed by atoms with Crippen LogP contribution in [-0.2, 0) is 22.4 Å². The quantitative estimate of drug-likeness (QED) is 0.467. The molecule has 1 aromatic heterocycles. The highest BCUT2D eigenvalue weighted by Crippen LogP contribution is 2.34. The summed E-state index contributed by atoms with van der Waals surface area (Å²) in [5, 5.41) is 0.885. The van der Waals surface area contributed by atoms with Crippen LogP contribution in [0.2, 0.25) is 0 Å². The SMILES string of the molecule is CCOC(=O)[C@@H](Oc1cc2c3c(c(=O)oc2cc1C)CCCC3)c1ccccc1. The molecule has 0 spiro atoms. The maximum atomic E-state index is 12.6. The molecule has 0 bridgehead atoms. The molecule has 0 amide bonds. The lowest BCUT2D eigenvalue weighted by Gasteiger charge is -2.21. The van der Waals surface area contributed by atoms with Crippen molar-refractivity contribution in [1.29, 1.82) is 0 Å². The van der Waals surface area contributed by atoms with Crippen LogP contribution in [0.5, 0.6) is 5.75 Å². The summed E-state index contributed by atoms with van der Waals surface area (Å²) in [5.74, 6) is 0.154. The smallest absolute Gasteiger partial charge is 0.352 e. The van der Waals surface area contributed by atoms with E-state index in [0.29, 0.717) is 11.3 Å². The number of aryl methyl sites for hydroxylation is 2. The number of esters is 1. The lowest BCUT2D eigenvalue weighted by molar-refractivity contribution is -0.151. The summed E-state index contributed by atoms with van der Waals surface area (Å²) in [6.45, 7) is 3.93. The third kappa shape index (κ3) is 3.77. The molecule has 5 heteroatoms. The summed E-state index contributed by atoms with van der Waals surface area (Å²) in [6, 6.07) is 13.0. The maximum absolute atomic E-state index is 12.6. The molecule has 0 N–H and O–H groups in total. The molecule has 1 atom stereocenters. The number of carbonyl (C=O) groups is 1. The Balaban J connectivity index is 1.79. The van der Waals surface area contributed by atoms with E-state index in [-0.39, 0.29) is 12.2 Å². The van der Waals surface area contributed by atoms with Gasteiger partial charge in [0.15, 0.2) is 0 Å². The summed E-state index contributed by atoms with van der Waals surface area (Å²) in [5.41, 5.74) is 3.65. The van der Waals surface area contributed by atoms with Crippen LogP contribution in [0.15, 0.2) is 51.7 Å². The summed E-state index contributed by atoms with van der Waals surface area (Å²) in [7, 11) is 0. The lowest BCUT2D eigenvalue weighted by atomic mass is 9.90. The first-order chi connectivity index (χ1) is 14.1. The predicted molar refractivity (Wildman–Crippen MR) is 110 cm³/mol. The average Bonchev–Trinajstić information content (AvgIpc) is 2.73. The van der Waals surface area contributed by atoms with Crippen molar-refractivity contribution >= 4 is 16.9 Å². The van der Waals surface area contributed by atoms with E-state index in [1.807, 2.05) is 49.4 Å². The molecular weight excluding hydrogens is 368 g/mol. The van der Waals surface area contributed by atoms with E-state index in [9.17, 15) is 9.59 Å². The molecule has 1 heterocycles. The van der Waals surface area contributed by atoms with Gasteiger partial charge in [-0.25, -0.2) is 9.59 Å². The Kier molecular flexibility index (Phi) is 5.38. The number of ether oxygens (including phenoxy) is 2. The number of carbonyl (C=O) groups excluding carboxylic acids is 1. The molecule has 4 rings (SSSR count). The summed E-state index contributed by atoms with van der Waals surface area (Å²) in [6.07, 6.45) is 2.77. The molecule has 0 saturated carbocycles. The molecule has 1 aliphatic rings. The van der Waals surface area contributed by atoms with E-state index in [2.05, 4.69) is 0 Å². The van der Waals surface area contributed by atoms with Gasteiger partial charge >= 0.3 is 11.6 Å². The van der Waals surface area contributed by atoms with Crippen LogP contribution in [0.4, 0.5) is 0 Å². The molecule has 0 saturated heterocycles. The Morgan fingerprint density at radius 2 is 1.83 bits per heavy atom. The number of hydrogen-bond donors (Lipinski definition) is 0. The molecule has 0 aliphatic heterocycles. The highest BCUT2D eigenvalue weighted by atomic mass is 16.6. The monoisotopic (exact) mass is 392 g/mol. The fourth-order valence-electron chi connectivity index (χ4n) is 3.92. The van der Waals surface area contributed by atoms with Crippen molar-refractivity contribution in [2.75, 3.05) is 6.61 Å². The maximum Gasteiger partial charge on any atom is 0.352 e. The molecule has 5 nitrogen and oxygen atoms in total. The van der Waals surface area contributed by atoms with Gasteiger partial charge in [0.25, 0.3) is 0 Å². The first-order valence-corrected chi connectivity index (χ1v) is 10.1. The molecule has 0 radical (unpaired) electrons. The van der Waals surface area contributed by atoms with Gasteiger partial charge in [-0.1, -0.05) is 30.3 Å². The van der Waals surface area contributed by atoms with E-state index in [0.717, 1.165) is 53.3 Å². The first kappa shape index (κ1) is 19.2. The minimum atomic E-state index is -0.862. The lowest BCUT2D eigenvalue weighted by Crippen LogP contribution is -2.22. The van der Waals surface area contributed by atoms with Gasteiger partial charge in [-0.3, -0.25) is 0 Å². The Morgan fingerprint density at radius 3 is 2.55 bits per heavy atom. The topological polar surface area (TPSA) is 65.7 Å². The van der Waals surface area contributed by atoms with Crippen molar-refractivity contribution in [1.82, 2.24) is 0 Å². The Morgan fingerprint density at radius 1 is 1.10 bits per heavy atom. The summed E-state index contributed by atoms with van der Waals surface area (Å²) >= 11 is 0. The highest BCUT2D eigenvalue weighted by molar-refractivity contribution is 5.84. The average molecular weight is 392 g/mol. The molecule has 3 aromatic rings. The molecule has 29 heavy (non-hydrogen) atoms. The van der Waals surface area contributed by atoms with Crippen LogP contribution in [0.1, 0.15) is 48.1 Å². The minimum Gasteiger partial charge on any atom is -0.474 e. The van der Waals surface area contributed by atoms with Gasteiger partial charge in [-0.05, 0) is 62.8 Å². The number of fused-ring (bicyclic) bond motifs is 3. The van der Waals surface area contributed by atoms with E-state index >= 15 is 0 Å². The Hall–Kier alpha value is -3.08. The fraction of sp³-hybridized carbons (Fsp3) is 0.333. The minimum absolute atomic E-state index is 0.242. The van der Waals surface area contributed by atoms with Gasteiger partial charge in [0, 0.05) is 16.5 Å². The Labute approximate surface area is 169 Å². The van der Waals surface area contributed by atoms with Crippen LogP contribution < -0.4 is 10.4 Å². The molecule has 0 fully saturated rings. The zero-order valence-corrected chi connectivity index (χ0v) is 16.7. The zero-order valence-electron chi connectivity index (χ0n) is 16.7. The van der Waals surface area contributed by atoms with Crippen molar-refractivity contribution in [2.45, 2.75) is 45.6 Å². The van der Waals surface area contributed by atoms with Gasteiger partial charge < -0.3 is 13.9 Å². The third-order valence-electron chi connectivity index (χ3n) is 5.37. The van der Waals surface area contributed by atoms with Crippen LogP contribution >= 0.6 is 0 Å². The molecular formula is C24H24O5. The van der Waals surface area contributed by atoms with Crippen LogP contribution in [0, 0.1) is 6.92 Å². The molecule has 2 aromatic carbocycles. The van der Waals surface area contributed by atoms with Crippen LogP contribution in [0.25, 0.3) is 11.0 Å². The molecule has 0 unspecified atom stereocenters. The van der Waals surface area contributed by atoms with Crippen molar-refractivity contribution in [3.63, 3.8) is 0 Å².